The largest absolute Gasteiger partial charge is 0.306 e. The van der Waals surface area contributed by atoms with Crippen LogP contribution < -0.4 is 5.32 Å². The molecule has 0 radical (unpaired) electrons. The Morgan fingerprint density at radius 3 is 2.68 bits per heavy atom. The van der Waals surface area contributed by atoms with Crippen molar-refractivity contribution in [2.45, 2.75) is 0 Å². The minimum Gasteiger partial charge on any atom is -0.306 e. The molecule has 1 amide bonds. The molecule has 3 heterocycles. The van der Waals surface area contributed by atoms with E-state index in [1.54, 1.807) is 47.5 Å². The van der Waals surface area contributed by atoms with Gasteiger partial charge in [0.25, 0.3) is 5.91 Å². The molecule has 1 aromatic heterocycles. The molecule has 0 saturated carbocycles. The van der Waals surface area contributed by atoms with E-state index < -0.39 is 0 Å². The summed E-state index contributed by atoms with van der Waals surface area (Å²) in [5.41, 5.74) is 0. The van der Waals surface area contributed by atoms with Gasteiger partial charge in [0.05, 0.1) is 13.4 Å². The fraction of sp³-hybridized carbons (Fsp3) is 0. The lowest BCUT2D eigenvalue weighted by atomic mass is 10.4. The van der Waals surface area contributed by atoms with Crippen LogP contribution in [0.1, 0.15) is 0 Å². The highest BCUT2D eigenvalue weighted by molar-refractivity contribution is 8.33. The number of hydrogen-bond donors (Lipinski definition) is 1. The number of nitrogens with one attached hydrogen (secondary N) is 1. The first kappa shape index (κ1) is 13.2. The van der Waals surface area contributed by atoms with Crippen LogP contribution >= 0.6 is 47.0 Å². The number of hydrogen-bond acceptors (Lipinski definition) is 6. The van der Waals surface area contributed by atoms with Crippen molar-refractivity contribution < 1.29 is 4.79 Å². The van der Waals surface area contributed by atoms with Gasteiger partial charge in [-0.1, -0.05) is 53.1 Å². The molecule has 2 aliphatic rings. The molecule has 0 spiro atoms. The summed E-state index contributed by atoms with van der Waals surface area (Å²) < 4.78 is 2.41. The highest BCUT2D eigenvalue weighted by Crippen LogP contribution is 2.53. The number of nitrogens with zero attached hydrogens (tertiary/aromatic N) is 1. The molecular formula is C12H8N2OS4. The molecule has 2 aliphatic heterocycles. The predicted molar refractivity (Wildman–Crippen MR) is 87.5 cm³/mol. The van der Waals surface area contributed by atoms with Crippen molar-refractivity contribution in [3.8, 4) is 0 Å². The molecule has 0 saturated heterocycles. The molecule has 7 heteroatoms. The number of anilines is 1. The smallest absolute Gasteiger partial charge is 0.264 e. The van der Waals surface area contributed by atoms with Crippen LogP contribution in [0.25, 0.3) is 0 Å². The molecule has 0 atom stereocenters. The zero-order valence-corrected chi connectivity index (χ0v) is 12.8. The first-order valence-electron chi connectivity index (χ1n) is 5.32. The minimum absolute atomic E-state index is 0.104. The third-order valence-corrected chi connectivity index (χ3v) is 7.20. The number of carbonyl (C=O) groups is 1. The Hall–Kier alpha value is -0.760. The third kappa shape index (κ3) is 3.22. The average molecular weight is 324 g/mol. The molecule has 1 N–H and O–H groups in total. The fourth-order valence-electron chi connectivity index (χ4n) is 1.36. The fourth-order valence-corrected chi connectivity index (χ4v) is 5.71. The van der Waals surface area contributed by atoms with Crippen molar-refractivity contribution in [1.29, 1.82) is 0 Å². The summed E-state index contributed by atoms with van der Waals surface area (Å²) in [6.07, 6.45) is 1.66. The topological polar surface area (TPSA) is 42.0 Å². The van der Waals surface area contributed by atoms with Gasteiger partial charge < -0.3 is 5.32 Å². The van der Waals surface area contributed by atoms with E-state index in [0.29, 0.717) is 10.7 Å². The maximum atomic E-state index is 12.1. The average Bonchev–Trinajstić information content (AvgIpc) is 3.11. The van der Waals surface area contributed by atoms with Gasteiger partial charge in [0, 0.05) is 6.20 Å². The Balaban J connectivity index is 1.65. The van der Waals surface area contributed by atoms with Crippen LogP contribution in [0.2, 0.25) is 0 Å². The first-order valence-corrected chi connectivity index (χ1v) is 8.78. The molecule has 0 unspecified atom stereocenters. The number of rotatable bonds is 2. The molecule has 0 aromatic carbocycles. The highest BCUT2D eigenvalue weighted by Gasteiger charge is 2.23. The predicted octanol–water partition coefficient (Wildman–Crippen LogP) is 4.42. The Morgan fingerprint density at radius 1 is 1.11 bits per heavy atom. The first-order chi connectivity index (χ1) is 9.33. The lowest BCUT2D eigenvalue weighted by Gasteiger charge is -2.04. The van der Waals surface area contributed by atoms with E-state index in [4.69, 9.17) is 0 Å². The van der Waals surface area contributed by atoms with E-state index in [2.05, 4.69) is 21.1 Å². The summed E-state index contributed by atoms with van der Waals surface area (Å²) in [5, 5.41) is 8.80. The van der Waals surface area contributed by atoms with Crippen molar-refractivity contribution in [3.63, 3.8) is 0 Å². The molecule has 0 bridgehead atoms. The molecule has 19 heavy (non-hydrogen) atoms. The quantitative estimate of drug-likeness (QED) is 0.868. The summed E-state index contributed by atoms with van der Waals surface area (Å²) in [4.78, 5) is 16.9. The van der Waals surface area contributed by atoms with Crippen LogP contribution in [-0.2, 0) is 4.79 Å². The molecule has 3 rings (SSSR count). The van der Waals surface area contributed by atoms with Crippen molar-refractivity contribution in [2.75, 3.05) is 5.32 Å². The zero-order valence-electron chi connectivity index (χ0n) is 9.53. The Labute approximate surface area is 127 Å². The third-order valence-electron chi connectivity index (χ3n) is 2.18. The van der Waals surface area contributed by atoms with E-state index in [0.717, 1.165) is 0 Å². The molecule has 0 fully saturated rings. The summed E-state index contributed by atoms with van der Waals surface area (Å²) in [6, 6.07) is 5.44. The van der Waals surface area contributed by atoms with Gasteiger partial charge in [-0.05, 0) is 28.4 Å². The van der Waals surface area contributed by atoms with E-state index in [1.807, 2.05) is 17.5 Å². The van der Waals surface area contributed by atoms with Gasteiger partial charge >= 0.3 is 0 Å². The van der Waals surface area contributed by atoms with E-state index >= 15 is 0 Å². The summed E-state index contributed by atoms with van der Waals surface area (Å²) in [5.74, 6) is 0.471. The van der Waals surface area contributed by atoms with Crippen molar-refractivity contribution in [3.05, 3.63) is 54.0 Å². The van der Waals surface area contributed by atoms with Gasteiger partial charge in [-0.25, -0.2) is 4.98 Å². The number of pyridine rings is 1. The van der Waals surface area contributed by atoms with Crippen LogP contribution in [-0.4, -0.2) is 10.9 Å². The second kappa shape index (κ2) is 6.13. The van der Waals surface area contributed by atoms with Gasteiger partial charge in [0.2, 0.25) is 0 Å². The Bertz CT molecular complexity index is 585. The molecule has 3 nitrogen and oxygen atoms in total. The molecule has 1 aromatic rings. The SMILES string of the molecule is O=C(Nc1ccccn1)C1=CSC(=C2SC=CS2)S1. The van der Waals surface area contributed by atoms with Crippen LogP contribution in [0.3, 0.4) is 0 Å². The monoisotopic (exact) mass is 324 g/mol. The van der Waals surface area contributed by atoms with Gasteiger partial charge in [0.15, 0.2) is 0 Å². The summed E-state index contributed by atoms with van der Waals surface area (Å²) >= 11 is 6.52. The number of amides is 1. The maximum absolute atomic E-state index is 12.1. The minimum atomic E-state index is -0.104. The van der Waals surface area contributed by atoms with Gasteiger partial charge in [-0.3, -0.25) is 4.79 Å². The van der Waals surface area contributed by atoms with Crippen LogP contribution in [0.4, 0.5) is 5.82 Å². The Morgan fingerprint density at radius 2 is 1.95 bits per heavy atom. The van der Waals surface area contributed by atoms with E-state index in [9.17, 15) is 4.79 Å². The molecular weight excluding hydrogens is 316 g/mol. The Kier molecular flexibility index (Phi) is 4.27. The lowest BCUT2D eigenvalue weighted by Crippen LogP contribution is -2.12. The van der Waals surface area contributed by atoms with Gasteiger partial charge in [0.1, 0.15) is 5.82 Å². The standard InChI is InChI=1S/C12H8N2OS4/c15-10(14-9-3-1-2-4-13-9)8-7-18-12(19-8)11-16-5-6-17-11/h1-7H,(H,13,14,15). The molecule has 96 valence electrons. The summed E-state index contributed by atoms with van der Waals surface area (Å²) in [7, 11) is 0. The number of aromatic nitrogens is 1. The van der Waals surface area contributed by atoms with Crippen LogP contribution in [0.15, 0.2) is 54.0 Å². The lowest BCUT2D eigenvalue weighted by molar-refractivity contribution is -0.112. The second-order valence-corrected chi connectivity index (χ2v) is 7.73. The number of carbonyl (C=O) groups excluding carboxylic acids is 1. The van der Waals surface area contributed by atoms with Gasteiger partial charge in [-0.2, -0.15) is 0 Å². The number of thioether (sulfide) groups is 4. The van der Waals surface area contributed by atoms with Crippen molar-refractivity contribution in [1.82, 2.24) is 4.98 Å². The van der Waals surface area contributed by atoms with Crippen LogP contribution in [0.5, 0.6) is 0 Å². The van der Waals surface area contributed by atoms with Gasteiger partial charge in [-0.15, -0.1) is 0 Å². The normalized spacial score (nSPS) is 17.8. The maximum Gasteiger partial charge on any atom is 0.264 e. The van der Waals surface area contributed by atoms with Crippen molar-refractivity contribution >= 4 is 58.8 Å². The summed E-state index contributed by atoms with van der Waals surface area (Å²) in [6.45, 7) is 0. The van der Waals surface area contributed by atoms with E-state index in [1.165, 1.54) is 20.2 Å². The highest BCUT2D eigenvalue weighted by atomic mass is 32.2. The van der Waals surface area contributed by atoms with Crippen LogP contribution in [0, 0.1) is 0 Å². The second-order valence-electron chi connectivity index (χ2n) is 3.45. The molecule has 0 aliphatic carbocycles. The zero-order chi connectivity index (χ0) is 13.1. The van der Waals surface area contributed by atoms with Crippen molar-refractivity contribution in [2.24, 2.45) is 0 Å². The van der Waals surface area contributed by atoms with E-state index in [-0.39, 0.29) is 5.91 Å².